The van der Waals surface area contributed by atoms with Gasteiger partial charge in [0.2, 0.25) is 29.9 Å². The summed E-state index contributed by atoms with van der Waals surface area (Å²) in [6.45, 7) is 15.6. The molecule has 2 fully saturated rings. The molecule has 10 N–H and O–H groups in total. The van der Waals surface area contributed by atoms with E-state index in [-0.39, 0.29) is 83.2 Å². The Morgan fingerprint density at radius 2 is 1.54 bits per heavy atom. The fraction of sp³-hybridized carbons (Fsp3) is 0.679. The number of carbonyl (C=O) groups is 6. The molecule has 4 rings (SSSR count). The van der Waals surface area contributed by atoms with Gasteiger partial charge in [0.05, 0.1) is 68.6 Å². The van der Waals surface area contributed by atoms with E-state index < -0.39 is 97.0 Å². The van der Waals surface area contributed by atoms with Gasteiger partial charge in [-0.05, 0) is 55.4 Å². The molecule has 0 unspecified atom stereocenters. The van der Waals surface area contributed by atoms with Crippen LogP contribution in [-0.4, -0.2) is 197 Å². The second-order valence-electron chi connectivity index (χ2n) is 22.4. The molecule has 2 aromatic carbocycles. The summed E-state index contributed by atoms with van der Waals surface area (Å²) in [6, 6.07) is 10.4. The number of aliphatic hydroxyl groups is 4. The van der Waals surface area contributed by atoms with E-state index in [0.717, 1.165) is 0 Å². The third-order valence-electron chi connectivity index (χ3n) is 15.5. The van der Waals surface area contributed by atoms with Crippen LogP contribution in [0, 0.1) is 23.7 Å². The Hall–Kier alpha value is -5.30. The third kappa shape index (κ3) is 16.2. The van der Waals surface area contributed by atoms with Crippen molar-refractivity contribution in [2.45, 2.75) is 173 Å². The largest absolute Gasteiger partial charge is 0.479 e. The summed E-state index contributed by atoms with van der Waals surface area (Å²) in [5.74, 6) is -4.89. The second kappa shape index (κ2) is 29.2. The van der Waals surface area contributed by atoms with Crippen LogP contribution in [0.2, 0.25) is 0 Å². The molecule has 0 radical (unpaired) electrons. The van der Waals surface area contributed by atoms with Crippen molar-refractivity contribution in [3.05, 3.63) is 59.7 Å². The van der Waals surface area contributed by atoms with Gasteiger partial charge < -0.3 is 80.4 Å². The number of hydrogen-bond donors (Lipinski definition) is 9. The van der Waals surface area contributed by atoms with Gasteiger partial charge in [0.25, 0.3) is 5.91 Å². The van der Waals surface area contributed by atoms with Crippen molar-refractivity contribution in [2.75, 3.05) is 53.8 Å². The Labute approximate surface area is 459 Å². The standard InChI is InChI=1S/C56H89N7O15/c1-14-32(6)44(40(75-12)28-42(65)62-26-18-21-38(62)50(76-13)33(7)52(70)58-34(8)46(66)36-19-16-15-17-20-36)61(9)54(72)43(30(2)3)60-53(71)45(31(4)5)63(10,11)29-35-22-23-39(37(27-35)59-41(64)24-25-57)77-56-49(69)47(67)48(68)51(78-56)55(73)74/h15-17,19-20,22-23,27,30-34,38,40,43-51,56,66-69H,14,18,21,24-26,28-29,57H2,1-13H3,(H3-,58,59,60,64,70,71,73,74)/p+1/t32-,33+,34+,38-,40-,43-,44-,45-,46-,47+,48-,49-,50+,51-,56+/m0/s1. The molecule has 0 saturated carbocycles. The van der Waals surface area contributed by atoms with Crippen LogP contribution < -0.4 is 26.4 Å². The van der Waals surface area contributed by atoms with Gasteiger partial charge in [-0.1, -0.05) is 85.2 Å². The third-order valence-corrected chi connectivity index (χ3v) is 15.5. The van der Waals surface area contributed by atoms with Crippen LogP contribution in [0.15, 0.2) is 48.5 Å². The molecule has 0 aromatic heterocycles. The zero-order chi connectivity index (χ0) is 58.5. The van der Waals surface area contributed by atoms with Crippen molar-refractivity contribution in [1.29, 1.82) is 0 Å². The number of quaternary nitrogens is 1. The van der Waals surface area contributed by atoms with Gasteiger partial charge >= 0.3 is 5.97 Å². The molecule has 2 aliphatic heterocycles. The van der Waals surface area contributed by atoms with E-state index in [2.05, 4.69) is 16.0 Å². The van der Waals surface area contributed by atoms with Gasteiger partial charge in [-0.15, -0.1) is 0 Å². The number of ether oxygens (including phenoxy) is 4. The predicted molar refractivity (Wildman–Crippen MR) is 290 cm³/mol. The minimum absolute atomic E-state index is 0.0224. The number of nitrogens with zero attached hydrogens (tertiary/aromatic N) is 3. The molecule has 22 heteroatoms. The molecule has 0 aliphatic carbocycles. The molecule has 2 heterocycles. The van der Waals surface area contributed by atoms with Crippen molar-refractivity contribution < 1.29 is 77.7 Å². The van der Waals surface area contributed by atoms with Crippen molar-refractivity contribution in [2.24, 2.45) is 29.4 Å². The van der Waals surface area contributed by atoms with Crippen LogP contribution in [0.4, 0.5) is 5.69 Å². The van der Waals surface area contributed by atoms with Gasteiger partial charge in [-0.3, -0.25) is 24.0 Å². The number of rotatable bonds is 28. The number of nitrogens with one attached hydrogen (secondary N) is 3. The molecule has 0 spiro atoms. The van der Waals surface area contributed by atoms with E-state index in [4.69, 9.17) is 24.7 Å². The van der Waals surface area contributed by atoms with Crippen LogP contribution in [0.25, 0.3) is 0 Å². The second-order valence-corrected chi connectivity index (χ2v) is 22.4. The lowest BCUT2D eigenvalue weighted by molar-refractivity contribution is -0.922. The van der Waals surface area contributed by atoms with Crippen LogP contribution in [0.1, 0.15) is 105 Å². The molecule has 2 saturated heterocycles. The highest BCUT2D eigenvalue weighted by atomic mass is 16.7. The topological polar surface area (TPSA) is 309 Å². The predicted octanol–water partition coefficient (Wildman–Crippen LogP) is 2.15. The lowest BCUT2D eigenvalue weighted by Crippen LogP contribution is -2.63. The number of hydrogen-bond acceptors (Lipinski definition) is 15. The van der Waals surface area contributed by atoms with Gasteiger partial charge in [0, 0.05) is 52.3 Å². The SMILES string of the molecule is CC[C@H](C)[C@@H]([C@H](CC(=O)N1CCC[C@H]1[C@H](OC)[C@@H](C)C(=O)N[C@H](C)[C@H](O)c1ccccc1)OC)N(C)C(=O)[C@@H](NC(=O)[C@H](C(C)C)[N+](C)(C)Cc1ccc(O[C@@H]2O[C@H](C(=O)O)[C@@H](O)[C@@H](O)[C@@H]2O)c(NC(=O)CCN)c1)C(C)C. The molecule has 2 aromatic rings. The van der Waals surface area contributed by atoms with E-state index in [1.807, 2.05) is 73.8 Å². The van der Waals surface area contributed by atoms with Gasteiger partial charge in [0.1, 0.15) is 36.6 Å². The fourth-order valence-corrected chi connectivity index (χ4v) is 11.1. The maximum absolute atomic E-state index is 14.9. The summed E-state index contributed by atoms with van der Waals surface area (Å²) < 4.78 is 23.3. The first-order valence-corrected chi connectivity index (χ1v) is 27.2. The van der Waals surface area contributed by atoms with Gasteiger partial charge in [-0.25, -0.2) is 4.79 Å². The summed E-state index contributed by atoms with van der Waals surface area (Å²) in [5, 5.41) is 60.6. The quantitative estimate of drug-likeness (QED) is 0.0552. The highest BCUT2D eigenvalue weighted by molar-refractivity contribution is 5.92. The van der Waals surface area contributed by atoms with E-state index in [1.165, 1.54) is 20.3 Å². The monoisotopic (exact) mass is 1100 g/mol. The highest BCUT2D eigenvalue weighted by Crippen LogP contribution is 2.34. The number of aliphatic hydroxyl groups excluding tert-OH is 4. The first kappa shape index (κ1) is 65.2. The average molecular weight is 1100 g/mol. The van der Waals surface area contributed by atoms with Crippen molar-refractivity contribution in [3.63, 3.8) is 0 Å². The maximum Gasteiger partial charge on any atom is 0.335 e. The summed E-state index contributed by atoms with van der Waals surface area (Å²) in [4.78, 5) is 85.8. The molecule has 2 aliphatic rings. The van der Waals surface area contributed by atoms with Gasteiger partial charge in [-0.2, -0.15) is 0 Å². The lowest BCUT2D eigenvalue weighted by Gasteiger charge is -2.42. The summed E-state index contributed by atoms with van der Waals surface area (Å²) in [5.41, 5.74) is 7.04. The number of likely N-dealkylation sites (tertiary alicyclic amines) is 1. The molecule has 22 nitrogen and oxygen atoms in total. The number of carbonyl (C=O) groups excluding carboxylic acids is 5. The summed E-state index contributed by atoms with van der Waals surface area (Å²) in [6.07, 6.45) is -9.97. The average Bonchev–Trinajstić information content (AvgIpc) is 3.87. The van der Waals surface area contributed by atoms with Crippen molar-refractivity contribution in [1.82, 2.24) is 20.4 Å². The number of anilines is 1. The van der Waals surface area contributed by atoms with Crippen LogP contribution in [-0.2, 0) is 49.5 Å². The first-order valence-electron chi connectivity index (χ1n) is 27.2. The molecule has 15 atom stereocenters. The van der Waals surface area contributed by atoms with Crippen molar-refractivity contribution in [3.8, 4) is 5.75 Å². The Bertz CT molecular complexity index is 2310. The molecule has 5 amide bonds. The number of nitrogens with two attached hydrogens (primary N) is 1. The number of methoxy groups -OCH3 is 2. The molecular formula is C56H90N7O15+. The van der Waals surface area contributed by atoms with E-state index in [0.29, 0.717) is 36.9 Å². The number of carboxylic acid groups (broad SMARTS) is 1. The number of aliphatic carboxylic acids is 1. The zero-order valence-electron chi connectivity index (χ0n) is 47.8. The zero-order valence-corrected chi connectivity index (χ0v) is 47.8. The Morgan fingerprint density at radius 1 is 0.885 bits per heavy atom. The van der Waals surface area contributed by atoms with Crippen molar-refractivity contribution >= 4 is 41.2 Å². The highest BCUT2D eigenvalue weighted by Gasteiger charge is 2.49. The molecule has 78 heavy (non-hydrogen) atoms. The number of carboxylic acids is 1. The Kier molecular flexibility index (Phi) is 24.5. The Balaban J connectivity index is 1.53. The van der Waals surface area contributed by atoms with Crippen LogP contribution >= 0.6 is 0 Å². The number of benzene rings is 2. The summed E-state index contributed by atoms with van der Waals surface area (Å²) in [7, 11) is 8.42. The van der Waals surface area contributed by atoms with Crippen LogP contribution in [0.3, 0.4) is 0 Å². The minimum Gasteiger partial charge on any atom is -0.479 e. The fourth-order valence-electron chi connectivity index (χ4n) is 11.1. The maximum atomic E-state index is 14.9. The van der Waals surface area contributed by atoms with E-state index >= 15 is 0 Å². The van der Waals surface area contributed by atoms with E-state index in [1.54, 1.807) is 55.0 Å². The smallest absolute Gasteiger partial charge is 0.335 e. The first-order chi connectivity index (χ1) is 36.6. The molecule has 438 valence electrons. The molecule has 0 bridgehead atoms. The van der Waals surface area contributed by atoms with Crippen LogP contribution in [0.5, 0.6) is 5.75 Å². The Morgan fingerprint density at radius 3 is 2.10 bits per heavy atom. The number of likely N-dealkylation sites (N-methyl/N-ethyl adjacent to an activating group) is 2. The number of amides is 5. The molecular weight excluding hydrogens is 1010 g/mol. The summed E-state index contributed by atoms with van der Waals surface area (Å²) >= 11 is 0. The normalized spacial score (nSPS) is 23.3. The van der Waals surface area contributed by atoms with E-state index in [9.17, 15) is 54.3 Å². The lowest BCUT2D eigenvalue weighted by atomic mass is 9.89. The minimum atomic E-state index is -1.95. The van der Waals surface area contributed by atoms with Gasteiger partial charge in [0.15, 0.2) is 12.1 Å².